The molecule has 11 heteroatoms. The average molecular weight is 656 g/mol. The number of esters is 1. The molecule has 0 saturated carbocycles. The maximum Gasteiger partial charge on any atom is 0.302 e. The quantitative estimate of drug-likeness (QED) is 0.251. The molecule has 0 radical (unpaired) electrons. The van der Waals surface area contributed by atoms with Crippen LogP contribution in [0.3, 0.4) is 0 Å². The van der Waals surface area contributed by atoms with Crippen LogP contribution in [-0.4, -0.2) is 53.0 Å². The number of fused-ring (bicyclic) bond motifs is 3. The lowest BCUT2D eigenvalue weighted by Gasteiger charge is -2.36. The van der Waals surface area contributed by atoms with Crippen molar-refractivity contribution in [2.75, 3.05) is 36.9 Å². The molecule has 4 aromatic rings. The molecule has 1 N–H and O–H groups in total. The van der Waals surface area contributed by atoms with Gasteiger partial charge in [-0.1, -0.05) is 26.0 Å². The van der Waals surface area contributed by atoms with Gasteiger partial charge in [-0.2, -0.15) is 0 Å². The Morgan fingerprint density at radius 1 is 1.11 bits per heavy atom. The first-order valence-corrected chi connectivity index (χ1v) is 16.7. The lowest BCUT2D eigenvalue weighted by Crippen LogP contribution is -2.41. The molecule has 4 heterocycles. The maximum atomic E-state index is 15.5. The van der Waals surface area contributed by atoms with Gasteiger partial charge in [-0.25, -0.2) is 9.37 Å². The third-order valence-electron chi connectivity index (χ3n) is 9.48. The van der Waals surface area contributed by atoms with Gasteiger partial charge in [0.05, 0.1) is 16.3 Å². The minimum Gasteiger partial charge on any atom is -0.461 e. The maximum absolute atomic E-state index is 15.5. The van der Waals surface area contributed by atoms with Crippen LogP contribution in [0.5, 0.6) is 0 Å². The number of aryl methyl sites for hydroxylation is 1. The number of anilines is 3. The molecule has 0 bridgehead atoms. The second-order valence-corrected chi connectivity index (χ2v) is 14.9. The molecule has 0 unspecified atom stereocenters. The van der Waals surface area contributed by atoms with E-state index in [1.54, 1.807) is 23.3 Å². The van der Waals surface area contributed by atoms with Crippen LogP contribution in [0.15, 0.2) is 47.4 Å². The number of amides is 1. The molecule has 47 heavy (non-hydrogen) atoms. The van der Waals surface area contributed by atoms with Gasteiger partial charge in [-0.3, -0.25) is 14.4 Å². The number of carbonyl (C=O) groups excluding carboxylic acids is 2. The third kappa shape index (κ3) is 5.87. The fourth-order valence-corrected chi connectivity index (χ4v) is 8.68. The Morgan fingerprint density at radius 3 is 2.55 bits per heavy atom. The summed E-state index contributed by atoms with van der Waals surface area (Å²) in [5.74, 6) is -0.703. The topological polar surface area (TPSA) is 96.8 Å². The first-order chi connectivity index (χ1) is 22.4. The van der Waals surface area contributed by atoms with Crippen molar-refractivity contribution < 1.29 is 18.7 Å². The molecule has 0 spiro atoms. The summed E-state index contributed by atoms with van der Waals surface area (Å²) in [4.78, 5) is 49.7. The molecule has 3 aliphatic rings. The minimum atomic E-state index is -0.571. The van der Waals surface area contributed by atoms with Crippen LogP contribution in [0.1, 0.15) is 63.5 Å². The molecule has 1 amide bonds. The summed E-state index contributed by atoms with van der Waals surface area (Å²) < 4.78 is 22.4. The van der Waals surface area contributed by atoms with Gasteiger partial charge >= 0.3 is 5.97 Å². The molecule has 244 valence electrons. The van der Waals surface area contributed by atoms with E-state index in [2.05, 4.69) is 48.2 Å². The van der Waals surface area contributed by atoms with E-state index in [9.17, 15) is 14.4 Å². The van der Waals surface area contributed by atoms with Crippen molar-refractivity contribution in [2.24, 2.45) is 12.5 Å². The largest absolute Gasteiger partial charge is 0.461 e. The highest BCUT2D eigenvalue weighted by molar-refractivity contribution is 7.14. The van der Waals surface area contributed by atoms with E-state index >= 15 is 4.39 Å². The number of aromatic nitrogens is 2. The number of hydrogen-bond acceptors (Lipinski definition) is 8. The number of likely N-dealkylation sites (tertiary alicyclic amines) is 1. The standard InChI is InChI=1S/C36H38FN5O4S/c1-20(43)46-19-28-26(29-18-41(5)35(45)33(39-29)38-24-8-6-21(7-9-24)22-16-40(4)17-22)12-23(37)13-30(28)42-11-10-25-27-14-36(2,3)15-31(27)47-32(25)34(42)44/h6-9,12-13,18,22H,10-11,14-17,19H2,1-5H3,(H,38,39). The third-order valence-corrected chi connectivity index (χ3v) is 10.7. The smallest absolute Gasteiger partial charge is 0.302 e. The van der Waals surface area contributed by atoms with Crippen molar-refractivity contribution in [1.82, 2.24) is 14.5 Å². The number of nitrogens with zero attached hydrogens (tertiary/aromatic N) is 4. The summed E-state index contributed by atoms with van der Waals surface area (Å²) in [5.41, 5.74) is 5.56. The van der Waals surface area contributed by atoms with E-state index in [1.165, 1.54) is 45.8 Å². The average Bonchev–Trinajstić information content (AvgIpc) is 3.49. The van der Waals surface area contributed by atoms with E-state index in [0.717, 1.165) is 31.5 Å². The van der Waals surface area contributed by atoms with Crippen LogP contribution in [-0.2, 0) is 42.4 Å². The summed E-state index contributed by atoms with van der Waals surface area (Å²) in [6.45, 7) is 8.00. The highest BCUT2D eigenvalue weighted by Crippen LogP contribution is 2.46. The van der Waals surface area contributed by atoms with Crippen LogP contribution in [0.4, 0.5) is 21.6 Å². The van der Waals surface area contributed by atoms with Gasteiger partial charge in [0.2, 0.25) is 0 Å². The van der Waals surface area contributed by atoms with Gasteiger partial charge in [0.15, 0.2) is 5.82 Å². The summed E-state index contributed by atoms with van der Waals surface area (Å²) >= 11 is 1.54. The molecule has 2 aromatic carbocycles. The Bertz CT molecular complexity index is 1980. The van der Waals surface area contributed by atoms with E-state index < -0.39 is 11.8 Å². The number of likely N-dealkylation sites (N-methyl/N-ethyl adjacent to an activating group) is 1. The molecule has 2 aliphatic heterocycles. The molecule has 9 nitrogen and oxygen atoms in total. The molecular formula is C36H38FN5O4S. The molecule has 1 aliphatic carbocycles. The molecule has 1 fully saturated rings. The van der Waals surface area contributed by atoms with Crippen molar-refractivity contribution in [1.29, 1.82) is 0 Å². The Balaban J connectivity index is 1.25. The normalized spacial score (nSPS) is 17.3. The van der Waals surface area contributed by atoms with Gasteiger partial charge in [0.1, 0.15) is 12.4 Å². The summed E-state index contributed by atoms with van der Waals surface area (Å²) in [7, 11) is 3.70. The second-order valence-electron chi connectivity index (χ2n) is 13.8. The van der Waals surface area contributed by atoms with Crippen LogP contribution >= 0.6 is 11.3 Å². The number of rotatable bonds is 7. The first-order valence-electron chi connectivity index (χ1n) is 15.9. The van der Waals surface area contributed by atoms with Crippen molar-refractivity contribution in [3.8, 4) is 11.3 Å². The molecule has 7 rings (SSSR count). The van der Waals surface area contributed by atoms with Gasteiger partial charge in [-0.05, 0) is 72.7 Å². The van der Waals surface area contributed by atoms with Crippen LogP contribution in [0.2, 0.25) is 0 Å². The van der Waals surface area contributed by atoms with Crippen molar-refractivity contribution >= 4 is 40.4 Å². The molecule has 0 atom stereocenters. The minimum absolute atomic E-state index is 0.0695. The number of thiophene rings is 1. The van der Waals surface area contributed by atoms with E-state index in [4.69, 9.17) is 4.74 Å². The lowest BCUT2D eigenvalue weighted by molar-refractivity contribution is -0.142. The van der Waals surface area contributed by atoms with Crippen molar-refractivity contribution in [3.05, 3.63) is 90.8 Å². The predicted octanol–water partition coefficient (Wildman–Crippen LogP) is 5.81. The Morgan fingerprint density at radius 2 is 1.85 bits per heavy atom. The molecular weight excluding hydrogens is 617 g/mol. The zero-order chi connectivity index (χ0) is 33.2. The lowest BCUT2D eigenvalue weighted by atomic mass is 9.89. The number of benzene rings is 2. The predicted molar refractivity (Wildman–Crippen MR) is 181 cm³/mol. The van der Waals surface area contributed by atoms with Crippen molar-refractivity contribution in [2.45, 2.75) is 52.6 Å². The van der Waals surface area contributed by atoms with Gasteiger partial charge in [-0.15, -0.1) is 11.3 Å². The molecule has 1 saturated heterocycles. The van der Waals surface area contributed by atoms with Crippen LogP contribution in [0.25, 0.3) is 11.3 Å². The van der Waals surface area contributed by atoms with Crippen LogP contribution < -0.4 is 15.8 Å². The SMILES string of the molecule is CC(=O)OCc1c(-c2cn(C)c(=O)c(Nc3ccc(C4CN(C)C4)cc3)n2)cc(F)cc1N1CCc2c(sc3c2CC(C)(C)C3)C1=O. The Labute approximate surface area is 277 Å². The number of nitrogens with one attached hydrogen (secondary N) is 1. The van der Waals surface area contributed by atoms with Gasteiger partial charge in [0, 0.05) is 67.4 Å². The number of ether oxygens (including phenoxy) is 1. The monoisotopic (exact) mass is 655 g/mol. The summed E-state index contributed by atoms with van der Waals surface area (Å²) in [6, 6.07) is 10.6. The Kier molecular flexibility index (Phi) is 7.79. The first kappa shape index (κ1) is 31.3. The molecule has 2 aromatic heterocycles. The summed E-state index contributed by atoms with van der Waals surface area (Å²) in [6.07, 6.45) is 4.07. The summed E-state index contributed by atoms with van der Waals surface area (Å²) in [5, 5.41) is 3.14. The fourth-order valence-electron chi connectivity index (χ4n) is 7.11. The number of halogens is 1. The van der Waals surface area contributed by atoms with E-state index in [1.807, 2.05) is 12.1 Å². The Hall–Kier alpha value is -4.35. The van der Waals surface area contributed by atoms with Gasteiger partial charge < -0.3 is 24.4 Å². The fraction of sp³-hybridized carbons (Fsp3) is 0.389. The van der Waals surface area contributed by atoms with E-state index in [0.29, 0.717) is 52.0 Å². The highest BCUT2D eigenvalue weighted by Gasteiger charge is 2.39. The van der Waals surface area contributed by atoms with Gasteiger partial charge in [0.25, 0.3) is 11.5 Å². The van der Waals surface area contributed by atoms with E-state index in [-0.39, 0.29) is 29.3 Å². The zero-order valence-corrected chi connectivity index (χ0v) is 28.1. The van der Waals surface area contributed by atoms with Crippen LogP contribution in [0, 0.1) is 11.2 Å². The number of carbonyl (C=O) groups is 2. The zero-order valence-electron chi connectivity index (χ0n) is 27.3. The van der Waals surface area contributed by atoms with Crippen molar-refractivity contribution in [3.63, 3.8) is 0 Å². The highest BCUT2D eigenvalue weighted by atomic mass is 32.1. The number of hydrogen-bond donors (Lipinski definition) is 1. The second kappa shape index (κ2) is 11.7.